The Hall–Kier alpha value is -3.03. The van der Waals surface area contributed by atoms with Crippen LogP contribution >= 0.6 is 0 Å². The van der Waals surface area contributed by atoms with Crippen molar-refractivity contribution in [3.63, 3.8) is 0 Å². The van der Waals surface area contributed by atoms with E-state index in [2.05, 4.69) is 9.97 Å². The Morgan fingerprint density at radius 3 is 2.88 bits per heavy atom. The molecule has 0 aliphatic heterocycles. The van der Waals surface area contributed by atoms with Gasteiger partial charge in [0.25, 0.3) is 5.91 Å². The van der Waals surface area contributed by atoms with Gasteiger partial charge in [-0.1, -0.05) is 6.07 Å². The molecule has 1 aromatic carbocycles. The molecule has 0 radical (unpaired) electrons. The predicted octanol–water partition coefficient (Wildman–Crippen LogP) is 3.18. The van der Waals surface area contributed by atoms with Gasteiger partial charge in [0.2, 0.25) is 0 Å². The van der Waals surface area contributed by atoms with Crippen LogP contribution in [0.1, 0.15) is 17.5 Å². The van der Waals surface area contributed by atoms with E-state index in [0.29, 0.717) is 22.9 Å². The van der Waals surface area contributed by atoms with Crippen molar-refractivity contribution in [3.8, 4) is 5.75 Å². The van der Waals surface area contributed by atoms with Crippen molar-refractivity contribution in [1.82, 2.24) is 9.97 Å². The first-order valence-corrected chi connectivity index (χ1v) is 7.11. The average Bonchev–Trinajstić information content (AvgIpc) is 3.02. The van der Waals surface area contributed by atoms with Crippen LogP contribution in [0.15, 0.2) is 34.9 Å². The van der Waals surface area contributed by atoms with E-state index in [1.165, 1.54) is 13.2 Å². The lowest BCUT2D eigenvalue weighted by molar-refractivity contribution is 0.0962. The van der Waals surface area contributed by atoms with Crippen molar-refractivity contribution in [3.05, 3.63) is 48.1 Å². The fraction of sp³-hybridized carbons (Fsp3) is 0.188. The van der Waals surface area contributed by atoms with E-state index in [-0.39, 0.29) is 12.3 Å². The molecule has 6 nitrogen and oxygen atoms in total. The summed E-state index contributed by atoms with van der Waals surface area (Å²) in [5.41, 5.74) is 0.447. The molecule has 3 aromatic rings. The molecule has 0 aliphatic carbocycles. The summed E-state index contributed by atoms with van der Waals surface area (Å²) in [6, 6.07) is 6.61. The lowest BCUT2D eigenvalue weighted by atomic mass is 10.2. The molecule has 3 rings (SSSR count). The zero-order valence-electron chi connectivity index (χ0n) is 12.9. The van der Waals surface area contributed by atoms with Gasteiger partial charge in [0.1, 0.15) is 11.3 Å². The summed E-state index contributed by atoms with van der Waals surface area (Å²) in [4.78, 5) is 20.1. The van der Waals surface area contributed by atoms with Crippen molar-refractivity contribution in [2.24, 2.45) is 0 Å². The highest BCUT2D eigenvalue weighted by atomic mass is 19.1. The van der Waals surface area contributed by atoms with Crippen molar-refractivity contribution < 1.29 is 22.7 Å². The maximum absolute atomic E-state index is 13.9. The maximum atomic E-state index is 13.9. The number of benzene rings is 1. The molecule has 0 spiro atoms. The van der Waals surface area contributed by atoms with E-state index < -0.39 is 23.6 Å². The minimum Gasteiger partial charge on any atom is -0.496 e. The zero-order chi connectivity index (χ0) is 17.3. The average molecular weight is 333 g/mol. The van der Waals surface area contributed by atoms with Crippen LogP contribution in [-0.4, -0.2) is 29.5 Å². The Morgan fingerprint density at radius 2 is 2.17 bits per heavy atom. The first kappa shape index (κ1) is 15.9. The molecule has 8 heteroatoms. The quantitative estimate of drug-likeness (QED) is 0.686. The summed E-state index contributed by atoms with van der Waals surface area (Å²) in [5.74, 6) is -1.48. The Morgan fingerprint density at radius 1 is 1.38 bits per heavy atom. The summed E-state index contributed by atoms with van der Waals surface area (Å²) in [6.07, 6.45) is -0.446. The number of ether oxygens (including phenoxy) is 1. The lowest BCUT2D eigenvalue weighted by Crippen LogP contribution is -2.32. The number of methoxy groups -OCH3 is 1. The molecule has 0 atom stereocenters. The Balaban J connectivity index is 2.05. The van der Waals surface area contributed by atoms with Gasteiger partial charge in [0.05, 0.1) is 18.7 Å². The molecule has 0 unspecified atom stereocenters. The summed E-state index contributed by atoms with van der Waals surface area (Å²) < 4.78 is 37.8. The number of furan rings is 1. The molecule has 1 amide bonds. The highest BCUT2D eigenvalue weighted by Crippen LogP contribution is 2.29. The number of anilines is 1. The number of carbonyl (C=O) groups excluding carboxylic acids is 1. The molecule has 2 aromatic heterocycles. The Kier molecular flexibility index (Phi) is 4.11. The third-order valence-corrected chi connectivity index (χ3v) is 3.47. The number of carbonyl (C=O) groups is 1. The number of rotatable bonds is 4. The largest absolute Gasteiger partial charge is 0.496 e. The number of fused-ring (bicyclic) bond motifs is 1. The summed E-state index contributed by atoms with van der Waals surface area (Å²) in [6.45, 7) is 1.68. The highest BCUT2D eigenvalue weighted by molar-refractivity contribution is 6.06. The van der Waals surface area contributed by atoms with Crippen LogP contribution in [0.4, 0.5) is 14.6 Å². The second-order valence-corrected chi connectivity index (χ2v) is 4.84. The molecular formula is C16H13F2N3O3. The van der Waals surface area contributed by atoms with E-state index in [1.54, 1.807) is 25.1 Å². The molecule has 0 bridgehead atoms. The Bertz CT molecular complexity index is 911. The fourth-order valence-electron chi connectivity index (χ4n) is 2.37. The third kappa shape index (κ3) is 2.66. The maximum Gasteiger partial charge on any atom is 0.310 e. The number of halogens is 2. The van der Waals surface area contributed by atoms with Gasteiger partial charge in [-0.3, -0.25) is 9.69 Å². The zero-order valence-corrected chi connectivity index (χ0v) is 12.9. The minimum absolute atomic E-state index is 0.0326. The van der Waals surface area contributed by atoms with Crippen LogP contribution in [0.2, 0.25) is 0 Å². The number of nitrogens with zero attached hydrogens (tertiary/aromatic N) is 3. The van der Waals surface area contributed by atoms with Gasteiger partial charge >= 0.3 is 6.08 Å². The van der Waals surface area contributed by atoms with Crippen LogP contribution < -0.4 is 9.64 Å². The second-order valence-electron chi connectivity index (χ2n) is 4.84. The first-order chi connectivity index (χ1) is 11.5. The summed E-state index contributed by atoms with van der Waals surface area (Å²) >= 11 is 0. The number of aromatic nitrogens is 2. The molecule has 24 heavy (non-hydrogen) atoms. The molecular weight excluding hydrogens is 320 g/mol. The molecule has 0 saturated heterocycles. The topological polar surface area (TPSA) is 68.5 Å². The molecule has 0 aliphatic rings. The standard InChI is InChI=1S/C16H13F2N3O3/c1-3-21(14-10(17)8-19-16(18)20-14)15(22)13-7-9-11(23-2)5-4-6-12(9)24-13/h4-8H,3H2,1-2H3. The highest BCUT2D eigenvalue weighted by Gasteiger charge is 2.25. The van der Waals surface area contributed by atoms with Crippen molar-refractivity contribution in [2.75, 3.05) is 18.6 Å². The van der Waals surface area contributed by atoms with Gasteiger partial charge in [-0.2, -0.15) is 9.37 Å². The number of hydrogen-bond acceptors (Lipinski definition) is 5. The molecule has 2 heterocycles. The van der Waals surface area contributed by atoms with Crippen LogP contribution in [-0.2, 0) is 0 Å². The SMILES string of the molecule is CCN(C(=O)c1cc2c(OC)cccc2o1)c1nc(F)ncc1F. The monoisotopic (exact) mass is 333 g/mol. The fourth-order valence-corrected chi connectivity index (χ4v) is 2.37. The summed E-state index contributed by atoms with van der Waals surface area (Å²) in [7, 11) is 1.50. The van der Waals surface area contributed by atoms with Gasteiger partial charge < -0.3 is 9.15 Å². The van der Waals surface area contributed by atoms with E-state index in [0.717, 1.165) is 4.90 Å². The van der Waals surface area contributed by atoms with Crippen LogP contribution in [0.3, 0.4) is 0 Å². The first-order valence-electron chi connectivity index (χ1n) is 7.11. The van der Waals surface area contributed by atoms with Crippen LogP contribution in [0.25, 0.3) is 11.0 Å². The van der Waals surface area contributed by atoms with E-state index in [1.807, 2.05) is 0 Å². The van der Waals surface area contributed by atoms with Gasteiger partial charge in [0, 0.05) is 12.6 Å². The molecule has 0 N–H and O–H groups in total. The van der Waals surface area contributed by atoms with Crippen molar-refractivity contribution in [1.29, 1.82) is 0 Å². The predicted molar refractivity (Wildman–Crippen MR) is 82.1 cm³/mol. The Labute approximate surface area is 135 Å². The van der Waals surface area contributed by atoms with Gasteiger partial charge in [0.15, 0.2) is 17.4 Å². The van der Waals surface area contributed by atoms with Gasteiger partial charge in [-0.25, -0.2) is 9.37 Å². The number of hydrogen-bond donors (Lipinski definition) is 0. The smallest absolute Gasteiger partial charge is 0.310 e. The van der Waals surface area contributed by atoms with Gasteiger partial charge in [-0.15, -0.1) is 0 Å². The van der Waals surface area contributed by atoms with E-state index in [4.69, 9.17) is 9.15 Å². The van der Waals surface area contributed by atoms with Crippen LogP contribution in [0, 0.1) is 11.9 Å². The minimum atomic E-state index is -1.12. The van der Waals surface area contributed by atoms with Crippen molar-refractivity contribution >= 4 is 22.7 Å². The molecule has 0 saturated carbocycles. The number of amides is 1. The summed E-state index contributed by atoms with van der Waals surface area (Å²) in [5, 5.41) is 0.605. The van der Waals surface area contributed by atoms with E-state index >= 15 is 0 Å². The third-order valence-electron chi connectivity index (χ3n) is 3.47. The van der Waals surface area contributed by atoms with Crippen LogP contribution in [0.5, 0.6) is 5.75 Å². The molecule has 0 fully saturated rings. The van der Waals surface area contributed by atoms with Crippen molar-refractivity contribution in [2.45, 2.75) is 6.92 Å². The lowest BCUT2D eigenvalue weighted by Gasteiger charge is -2.18. The molecule has 124 valence electrons. The second kappa shape index (κ2) is 6.23. The van der Waals surface area contributed by atoms with E-state index in [9.17, 15) is 13.6 Å². The van der Waals surface area contributed by atoms with Gasteiger partial charge in [-0.05, 0) is 19.1 Å². The normalized spacial score (nSPS) is 10.8.